The van der Waals surface area contributed by atoms with Gasteiger partial charge in [0.25, 0.3) is 0 Å². The quantitative estimate of drug-likeness (QED) is 0.723. The second-order valence-electron chi connectivity index (χ2n) is 6.66. The molecule has 0 saturated carbocycles. The van der Waals surface area contributed by atoms with E-state index in [1.165, 1.54) is 6.07 Å². The van der Waals surface area contributed by atoms with Crippen LogP contribution in [-0.2, 0) is 14.6 Å². The first-order valence-electron chi connectivity index (χ1n) is 7.40. The Hall–Kier alpha value is -1.15. The maximum atomic E-state index is 12.4. The lowest BCUT2D eigenvalue weighted by atomic mass is 10.2. The van der Waals surface area contributed by atoms with Crippen LogP contribution in [0.3, 0.4) is 0 Å². The molecule has 128 valence electrons. The van der Waals surface area contributed by atoms with Crippen LogP contribution in [-0.4, -0.2) is 48.8 Å². The Morgan fingerprint density at radius 2 is 2.13 bits per heavy atom. The van der Waals surface area contributed by atoms with Crippen molar-refractivity contribution in [2.45, 2.75) is 37.8 Å². The molecule has 6 nitrogen and oxygen atoms in total. The summed E-state index contributed by atoms with van der Waals surface area (Å²) in [6, 6.07) is 4.81. The number of carbonyl (C=O) groups is 1. The lowest BCUT2D eigenvalue weighted by Crippen LogP contribution is -2.35. The van der Waals surface area contributed by atoms with Crippen LogP contribution < -0.4 is 0 Å². The predicted molar refractivity (Wildman–Crippen MR) is 89.9 cm³/mol. The van der Waals surface area contributed by atoms with E-state index in [1.54, 1.807) is 17.0 Å². The minimum Gasteiger partial charge on any atom is -0.444 e. The number of hydrogen-bond acceptors (Lipinski definition) is 5. The van der Waals surface area contributed by atoms with Crippen LogP contribution in [0.5, 0.6) is 0 Å². The number of hydrogen-bond donors (Lipinski definition) is 0. The van der Waals surface area contributed by atoms with Crippen molar-refractivity contribution in [3.05, 3.63) is 22.8 Å². The molecule has 8 heteroatoms. The second kappa shape index (κ2) is 6.76. The summed E-state index contributed by atoms with van der Waals surface area (Å²) in [5, 5.41) is 0.0580. The van der Waals surface area contributed by atoms with Crippen LogP contribution in [0.15, 0.2) is 27.8 Å². The molecule has 23 heavy (non-hydrogen) atoms. The number of ether oxygens (including phenoxy) is 1. The molecule has 1 amide bonds. The Balaban J connectivity index is 1.99. The number of halogens is 1. The summed E-state index contributed by atoms with van der Waals surface area (Å²) in [6.45, 7) is 6.33. The number of nitrogens with zero attached hydrogens (tertiary/aromatic N) is 2. The summed E-state index contributed by atoms with van der Waals surface area (Å²) in [4.78, 5) is 17.6. The lowest BCUT2D eigenvalue weighted by Gasteiger charge is -2.24. The van der Waals surface area contributed by atoms with E-state index in [2.05, 4.69) is 20.9 Å². The van der Waals surface area contributed by atoms with E-state index < -0.39 is 21.5 Å². The number of likely N-dealkylation sites (tertiary alicyclic amines) is 1. The molecule has 1 fully saturated rings. The highest BCUT2D eigenvalue weighted by molar-refractivity contribution is 9.10. The molecule has 0 N–H and O–H groups in total. The maximum absolute atomic E-state index is 12.4. The molecule has 1 aromatic rings. The molecule has 0 unspecified atom stereocenters. The highest BCUT2D eigenvalue weighted by Crippen LogP contribution is 2.23. The van der Waals surface area contributed by atoms with Crippen LogP contribution in [0.4, 0.5) is 4.79 Å². The van der Waals surface area contributed by atoms with E-state index in [4.69, 9.17) is 4.74 Å². The zero-order chi connectivity index (χ0) is 17.3. The number of rotatable bonds is 3. The highest BCUT2D eigenvalue weighted by Gasteiger charge is 2.33. The monoisotopic (exact) mass is 404 g/mol. The van der Waals surface area contributed by atoms with Gasteiger partial charge in [-0.25, -0.2) is 18.2 Å². The molecule has 1 aliphatic rings. The van der Waals surface area contributed by atoms with Crippen molar-refractivity contribution in [2.24, 2.45) is 5.92 Å². The first-order chi connectivity index (χ1) is 10.6. The van der Waals surface area contributed by atoms with Gasteiger partial charge in [-0.1, -0.05) is 6.07 Å². The van der Waals surface area contributed by atoms with E-state index in [0.29, 0.717) is 24.1 Å². The third kappa shape index (κ3) is 5.17. The van der Waals surface area contributed by atoms with Gasteiger partial charge in [0.15, 0.2) is 14.9 Å². The van der Waals surface area contributed by atoms with Crippen LogP contribution in [0.2, 0.25) is 0 Å². The molecule has 0 bridgehead atoms. The van der Waals surface area contributed by atoms with Crippen molar-refractivity contribution in [3.63, 3.8) is 0 Å². The summed E-state index contributed by atoms with van der Waals surface area (Å²) in [6.07, 6.45) is 0.255. The summed E-state index contributed by atoms with van der Waals surface area (Å²) in [7, 11) is -3.47. The van der Waals surface area contributed by atoms with E-state index in [-0.39, 0.29) is 16.7 Å². The van der Waals surface area contributed by atoms with Gasteiger partial charge in [0, 0.05) is 13.1 Å². The van der Waals surface area contributed by atoms with Gasteiger partial charge < -0.3 is 9.64 Å². The van der Waals surface area contributed by atoms with Crippen LogP contribution >= 0.6 is 15.9 Å². The molecule has 2 heterocycles. The van der Waals surface area contributed by atoms with Crippen LogP contribution in [0.25, 0.3) is 0 Å². The molecule has 0 aliphatic carbocycles. The van der Waals surface area contributed by atoms with Gasteiger partial charge in [0.1, 0.15) is 10.2 Å². The van der Waals surface area contributed by atoms with Crippen molar-refractivity contribution in [3.8, 4) is 0 Å². The Bertz CT molecular complexity index is 685. The fourth-order valence-corrected chi connectivity index (χ4v) is 4.47. The molecular weight excluding hydrogens is 384 g/mol. The minimum absolute atomic E-state index is 0.0181. The van der Waals surface area contributed by atoms with Crippen molar-refractivity contribution in [1.29, 1.82) is 0 Å². The van der Waals surface area contributed by atoms with Crippen molar-refractivity contribution >= 4 is 31.9 Å². The normalized spacial score (nSPS) is 19.0. The molecule has 1 aromatic heterocycles. The van der Waals surface area contributed by atoms with Gasteiger partial charge >= 0.3 is 6.09 Å². The standard InChI is InChI=1S/C15H21BrN2O4S/c1-15(2,3)22-14(19)18-8-7-11(9-18)10-23(20,21)13-6-4-5-12(16)17-13/h4-6,11H,7-10H2,1-3H3/t11-/m1/s1. The van der Waals surface area contributed by atoms with Gasteiger partial charge in [0.2, 0.25) is 0 Å². The first kappa shape index (κ1) is 18.2. The van der Waals surface area contributed by atoms with Gasteiger partial charge in [0.05, 0.1) is 5.75 Å². The Kier molecular flexibility index (Phi) is 5.35. The molecule has 1 atom stereocenters. The second-order valence-corrected chi connectivity index (χ2v) is 9.45. The number of sulfone groups is 1. The molecule has 0 spiro atoms. The third-order valence-corrected chi connectivity index (χ3v) is 5.62. The fraction of sp³-hybridized carbons (Fsp3) is 0.600. The predicted octanol–water partition coefficient (Wildman–Crippen LogP) is 2.87. The number of pyridine rings is 1. The molecule has 1 aliphatic heterocycles. The van der Waals surface area contributed by atoms with Gasteiger partial charge in [-0.3, -0.25) is 0 Å². The zero-order valence-electron chi connectivity index (χ0n) is 13.5. The number of aromatic nitrogens is 1. The van der Waals surface area contributed by atoms with E-state index in [9.17, 15) is 13.2 Å². The van der Waals surface area contributed by atoms with Crippen molar-refractivity contribution in [1.82, 2.24) is 9.88 Å². The molecule has 0 aromatic carbocycles. The first-order valence-corrected chi connectivity index (χ1v) is 9.84. The summed E-state index contributed by atoms with van der Waals surface area (Å²) < 4.78 is 30.7. The Morgan fingerprint density at radius 1 is 1.43 bits per heavy atom. The van der Waals surface area contributed by atoms with E-state index in [1.807, 2.05) is 20.8 Å². The average Bonchev–Trinajstić information content (AvgIpc) is 2.84. The van der Waals surface area contributed by atoms with Gasteiger partial charge in [-0.15, -0.1) is 0 Å². The summed E-state index contributed by atoms with van der Waals surface area (Å²) in [5.74, 6) is -0.122. The molecule has 2 rings (SSSR count). The SMILES string of the molecule is CC(C)(C)OC(=O)N1CC[C@@H](CS(=O)(=O)c2cccc(Br)n2)C1. The van der Waals surface area contributed by atoms with Gasteiger partial charge in [-0.2, -0.15) is 0 Å². The zero-order valence-corrected chi connectivity index (χ0v) is 15.9. The number of carbonyl (C=O) groups excluding carboxylic acids is 1. The topological polar surface area (TPSA) is 76.6 Å². The van der Waals surface area contributed by atoms with E-state index >= 15 is 0 Å². The van der Waals surface area contributed by atoms with Crippen molar-refractivity contribution < 1.29 is 17.9 Å². The lowest BCUT2D eigenvalue weighted by molar-refractivity contribution is 0.0289. The minimum atomic E-state index is -3.47. The van der Waals surface area contributed by atoms with Crippen LogP contribution in [0, 0.1) is 5.92 Å². The van der Waals surface area contributed by atoms with Crippen LogP contribution in [0.1, 0.15) is 27.2 Å². The fourth-order valence-electron chi connectivity index (χ4n) is 2.42. The maximum Gasteiger partial charge on any atom is 0.410 e. The van der Waals surface area contributed by atoms with Gasteiger partial charge in [-0.05, 0) is 61.2 Å². The third-order valence-electron chi connectivity index (χ3n) is 3.40. The van der Waals surface area contributed by atoms with E-state index in [0.717, 1.165) is 0 Å². The molecule has 1 saturated heterocycles. The number of amides is 1. The average molecular weight is 405 g/mol. The molecule has 0 radical (unpaired) electrons. The summed E-state index contributed by atoms with van der Waals surface area (Å²) >= 11 is 3.18. The largest absolute Gasteiger partial charge is 0.444 e. The summed E-state index contributed by atoms with van der Waals surface area (Å²) in [5.41, 5.74) is -0.554. The molecular formula is C15H21BrN2O4S. The van der Waals surface area contributed by atoms with Crippen molar-refractivity contribution in [2.75, 3.05) is 18.8 Å². The highest BCUT2D eigenvalue weighted by atomic mass is 79.9. The Labute approximate surface area is 145 Å². The smallest absolute Gasteiger partial charge is 0.410 e. The Morgan fingerprint density at radius 3 is 2.74 bits per heavy atom.